The molecule has 0 radical (unpaired) electrons. The van der Waals surface area contributed by atoms with Crippen LogP contribution in [0.2, 0.25) is 0 Å². The lowest BCUT2D eigenvalue weighted by Crippen LogP contribution is -2.45. The van der Waals surface area contributed by atoms with Crippen LogP contribution in [-0.2, 0) is 4.74 Å². The molecule has 118 valence electrons. The van der Waals surface area contributed by atoms with E-state index < -0.39 is 16.6 Å². The molecule has 7 nitrogen and oxygen atoms in total. The maximum absolute atomic E-state index is 11.2. The zero-order valence-corrected chi connectivity index (χ0v) is 12.9. The maximum atomic E-state index is 11.2. The second-order valence-electron chi connectivity index (χ2n) is 5.47. The van der Waals surface area contributed by atoms with Crippen molar-refractivity contribution < 1.29 is 19.9 Å². The van der Waals surface area contributed by atoms with Gasteiger partial charge in [-0.05, 0) is 6.92 Å². The molecule has 2 N–H and O–H groups in total. The van der Waals surface area contributed by atoms with Crippen LogP contribution in [0.15, 0.2) is 6.07 Å². The number of thiophene rings is 1. The molecular formula is C13H20N2O5S. The number of aliphatic hydroxyl groups is 2. The first-order chi connectivity index (χ1) is 9.82. The summed E-state index contributed by atoms with van der Waals surface area (Å²) in [6.07, 6.45) is 0.279. The number of likely N-dealkylation sites (N-methyl/N-ethyl adjacent to an activating group) is 1. The van der Waals surface area contributed by atoms with E-state index in [2.05, 4.69) is 0 Å². The van der Waals surface area contributed by atoms with Gasteiger partial charge in [0.15, 0.2) is 5.00 Å². The lowest BCUT2D eigenvalue weighted by atomic mass is 9.94. The lowest BCUT2D eigenvalue weighted by molar-refractivity contribution is -0.383. The van der Waals surface area contributed by atoms with Gasteiger partial charge in [0.25, 0.3) is 0 Å². The van der Waals surface area contributed by atoms with E-state index in [4.69, 9.17) is 4.74 Å². The van der Waals surface area contributed by atoms with Crippen LogP contribution in [0.3, 0.4) is 0 Å². The van der Waals surface area contributed by atoms with Gasteiger partial charge >= 0.3 is 5.69 Å². The Hall–Kier alpha value is -1.22. The average molecular weight is 316 g/mol. The van der Waals surface area contributed by atoms with Gasteiger partial charge in [0.2, 0.25) is 0 Å². The van der Waals surface area contributed by atoms with Crippen LogP contribution in [0.1, 0.15) is 30.7 Å². The molecule has 1 aromatic heterocycles. The van der Waals surface area contributed by atoms with Crippen molar-refractivity contribution >= 4 is 22.0 Å². The number of hydrogen-bond donors (Lipinski definition) is 2. The number of nitro groups is 1. The van der Waals surface area contributed by atoms with Crippen molar-refractivity contribution in [3.05, 3.63) is 21.1 Å². The molecular weight excluding hydrogens is 296 g/mol. The van der Waals surface area contributed by atoms with E-state index in [1.54, 1.807) is 18.9 Å². The summed E-state index contributed by atoms with van der Waals surface area (Å²) in [6.45, 7) is 2.87. The van der Waals surface area contributed by atoms with Crippen LogP contribution in [0.4, 0.5) is 10.7 Å². The van der Waals surface area contributed by atoms with Gasteiger partial charge in [-0.2, -0.15) is 0 Å². The first-order valence-corrected chi connectivity index (χ1v) is 7.61. The number of anilines is 1. The molecule has 1 atom stereocenters. The maximum Gasteiger partial charge on any atom is 0.304 e. The molecule has 1 aromatic rings. The van der Waals surface area contributed by atoms with Crippen LogP contribution < -0.4 is 4.90 Å². The molecule has 0 unspecified atom stereocenters. The molecule has 0 aliphatic carbocycles. The molecule has 1 aliphatic heterocycles. The molecule has 2 heterocycles. The normalized spacial score (nSPS) is 19.2. The quantitative estimate of drug-likeness (QED) is 0.634. The molecule has 21 heavy (non-hydrogen) atoms. The van der Waals surface area contributed by atoms with Gasteiger partial charge in [-0.25, -0.2) is 0 Å². The molecule has 1 aliphatic rings. The summed E-state index contributed by atoms with van der Waals surface area (Å²) >= 11 is 1.18. The topological polar surface area (TPSA) is 96.1 Å². The van der Waals surface area contributed by atoms with E-state index in [0.29, 0.717) is 42.5 Å². The molecule has 0 spiro atoms. The Labute approximate surface area is 126 Å². The average Bonchev–Trinajstić information content (AvgIpc) is 2.84. The van der Waals surface area contributed by atoms with Gasteiger partial charge in [-0.1, -0.05) is 0 Å². The minimum absolute atomic E-state index is 0.0333. The first kappa shape index (κ1) is 16.2. The zero-order valence-electron chi connectivity index (χ0n) is 12.1. The number of aliphatic hydroxyl groups excluding tert-OH is 1. The van der Waals surface area contributed by atoms with Crippen LogP contribution in [0.25, 0.3) is 0 Å². The van der Waals surface area contributed by atoms with Gasteiger partial charge in [-0.15, -0.1) is 11.3 Å². The van der Waals surface area contributed by atoms with E-state index in [0.717, 1.165) is 0 Å². The SMILES string of the molecule is C[C@@H](O)c1cc([N+](=O)[O-])c(N(C)CC2(O)CCOCC2)s1. The van der Waals surface area contributed by atoms with Gasteiger partial charge in [-0.3, -0.25) is 10.1 Å². The Bertz CT molecular complexity index is 511. The third-order valence-electron chi connectivity index (χ3n) is 3.62. The molecule has 0 amide bonds. The highest BCUT2D eigenvalue weighted by Crippen LogP contribution is 2.40. The largest absolute Gasteiger partial charge is 0.388 e. The summed E-state index contributed by atoms with van der Waals surface area (Å²) in [5.41, 5.74) is -0.926. The Morgan fingerprint density at radius 1 is 1.57 bits per heavy atom. The third-order valence-corrected chi connectivity index (χ3v) is 5.03. The minimum Gasteiger partial charge on any atom is -0.388 e. The van der Waals surface area contributed by atoms with Crippen LogP contribution in [-0.4, -0.2) is 47.5 Å². The Morgan fingerprint density at radius 2 is 2.19 bits per heavy atom. The molecule has 8 heteroatoms. The van der Waals surface area contributed by atoms with Crippen LogP contribution in [0.5, 0.6) is 0 Å². The van der Waals surface area contributed by atoms with E-state index in [1.807, 2.05) is 0 Å². The third kappa shape index (κ3) is 3.70. The van der Waals surface area contributed by atoms with Crippen molar-refractivity contribution in [2.45, 2.75) is 31.5 Å². The minimum atomic E-state index is -0.893. The van der Waals surface area contributed by atoms with Crippen molar-refractivity contribution in [1.29, 1.82) is 0 Å². The molecule has 0 bridgehead atoms. The summed E-state index contributed by atoms with van der Waals surface area (Å²) < 4.78 is 5.23. The van der Waals surface area contributed by atoms with Gasteiger partial charge in [0.1, 0.15) is 0 Å². The predicted molar refractivity (Wildman–Crippen MR) is 79.9 cm³/mol. The monoisotopic (exact) mass is 316 g/mol. The molecule has 0 aromatic carbocycles. The van der Waals surface area contributed by atoms with Crippen LogP contribution in [0, 0.1) is 10.1 Å². The number of nitrogens with zero attached hydrogens (tertiary/aromatic N) is 2. The number of ether oxygens (including phenoxy) is 1. The van der Waals surface area contributed by atoms with Gasteiger partial charge in [0.05, 0.1) is 16.6 Å². The Morgan fingerprint density at radius 3 is 2.71 bits per heavy atom. The fourth-order valence-electron chi connectivity index (χ4n) is 2.42. The smallest absolute Gasteiger partial charge is 0.304 e. The highest BCUT2D eigenvalue weighted by Gasteiger charge is 2.33. The van der Waals surface area contributed by atoms with E-state index in [9.17, 15) is 20.3 Å². The second kappa shape index (κ2) is 6.27. The molecule has 1 fully saturated rings. The van der Waals surface area contributed by atoms with Gasteiger partial charge < -0.3 is 19.8 Å². The fraction of sp³-hybridized carbons (Fsp3) is 0.692. The summed E-state index contributed by atoms with van der Waals surface area (Å²) in [5.74, 6) is 0. The second-order valence-corrected chi connectivity index (χ2v) is 6.53. The number of hydrogen-bond acceptors (Lipinski definition) is 7. The fourth-order valence-corrected chi connectivity index (χ4v) is 3.45. The molecule has 1 saturated heterocycles. The van der Waals surface area contributed by atoms with E-state index in [-0.39, 0.29) is 5.69 Å². The standard InChI is InChI=1S/C13H20N2O5S/c1-9(16)11-7-10(15(18)19)12(21-11)14(2)8-13(17)3-5-20-6-4-13/h7,9,16-17H,3-6,8H2,1-2H3/t9-/m1/s1. The van der Waals surface area contributed by atoms with Crippen molar-refractivity contribution in [3.8, 4) is 0 Å². The van der Waals surface area contributed by atoms with E-state index in [1.165, 1.54) is 17.4 Å². The summed E-state index contributed by atoms with van der Waals surface area (Å²) in [6, 6.07) is 1.40. The Balaban J connectivity index is 2.21. The predicted octanol–water partition coefficient (Wildman–Crippen LogP) is 1.69. The lowest BCUT2D eigenvalue weighted by Gasteiger charge is -2.35. The highest BCUT2D eigenvalue weighted by atomic mass is 32.1. The molecule has 2 rings (SSSR count). The zero-order chi connectivity index (χ0) is 15.6. The summed E-state index contributed by atoms with van der Waals surface area (Å²) in [7, 11) is 1.72. The Kier molecular flexibility index (Phi) is 4.82. The van der Waals surface area contributed by atoms with Crippen molar-refractivity contribution in [3.63, 3.8) is 0 Å². The van der Waals surface area contributed by atoms with Crippen molar-refractivity contribution in [1.82, 2.24) is 0 Å². The summed E-state index contributed by atoms with van der Waals surface area (Å²) in [5, 5.41) is 31.7. The summed E-state index contributed by atoms with van der Waals surface area (Å²) in [4.78, 5) is 12.9. The van der Waals surface area contributed by atoms with Crippen molar-refractivity contribution in [2.24, 2.45) is 0 Å². The van der Waals surface area contributed by atoms with Crippen LogP contribution >= 0.6 is 11.3 Å². The first-order valence-electron chi connectivity index (χ1n) is 6.80. The number of rotatable bonds is 5. The highest BCUT2D eigenvalue weighted by molar-refractivity contribution is 7.16. The van der Waals surface area contributed by atoms with Gasteiger partial charge in [0, 0.05) is 50.6 Å². The molecule has 0 saturated carbocycles. The van der Waals surface area contributed by atoms with E-state index >= 15 is 0 Å². The van der Waals surface area contributed by atoms with Crippen molar-refractivity contribution in [2.75, 3.05) is 31.7 Å².